The van der Waals surface area contributed by atoms with Crippen LogP contribution in [0.2, 0.25) is 0 Å². The first-order valence-corrected chi connectivity index (χ1v) is 7.27. The van der Waals surface area contributed by atoms with Gasteiger partial charge in [0.25, 0.3) is 0 Å². The Balaban J connectivity index is 2.37. The van der Waals surface area contributed by atoms with E-state index in [0.29, 0.717) is 12.2 Å². The van der Waals surface area contributed by atoms with Crippen LogP contribution in [0.1, 0.15) is 35.8 Å². The summed E-state index contributed by atoms with van der Waals surface area (Å²) in [5.41, 5.74) is 2.63. The maximum atomic E-state index is 13.9. The molecule has 0 fully saturated rings. The molecule has 3 heteroatoms. The molecule has 2 aromatic rings. The molecule has 0 radical (unpaired) electrons. The van der Waals surface area contributed by atoms with Gasteiger partial charge in [0, 0.05) is 6.61 Å². The van der Waals surface area contributed by atoms with E-state index < -0.39 is 0 Å². The van der Waals surface area contributed by atoms with Crippen LogP contribution in [-0.2, 0) is 4.74 Å². The molecule has 0 aliphatic rings. The molecule has 0 amide bonds. The first kappa shape index (κ1) is 15.7. The van der Waals surface area contributed by atoms with Crippen molar-refractivity contribution in [3.8, 4) is 0 Å². The van der Waals surface area contributed by atoms with Gasteiger partial charge >= 0.3 is 0 Å². The van der Waals surface area contributed by atoms with Crippen molar-refractivity contribution in [3.63, 3.8) is 0 Å². The molecule has 112 valence electrons. The molecule has 2 aromatic carbocycles. The lowest BCUT2D eigenvalue weighted by molar-refractivity contribution is 0.0346. The average Bonchev–Trinajstić information content (AvgIpc) is 2.51. The highest BCUT2D eigenvalue weighted by Gasteiger charge is 2.24. The molecular formula is C18H22FNO. The van der Waals surface area contributed by atoms with Crippen molar-refractivity contribution < 1.29 is 9.13 Å². The Bertz CT molecular complexity index is 571. The zero-order chi connectivity index (χ0) is 15.2. The van der Waals surface area contributed by atoms with Gasteiger partial charge in [0.2, 0.25) is 0 Å². The Morgan fingerprint density at radius 3 is 2.38 bits per heavy atom. The summed E-state index contributed by atoms with van der Waals surface area (Å²) in [6.45, 7) is 4.34. The molecule has 0 bridgehead atoms. The number of hydrogen-bond donors (Lipinski definition) is 1. The minimum absolute atomic E-state index is 0.0950. The van der Waals surface area contributed by atoms with Crippen LogP contribution in [0, 0.1) is 12.7 Å². The van der Waals surface area contributed by atoms with Crippen molar-refractivity contribution in [3.05, 3.63) is 71.0 Å². The van der Waals surface area contributed by atoms with Gasteiger partial charge in [-0.1, -0.05) is 42.5 Å². The molecule has 0 aliphatic carbocycles. The predicted octanol–water partition coefficient (Wildman–Crippen LogP) is 4.17. The first-order valence-electron chi connectivity index (χ1n) is 7.27. The molecule has 0 heterocycles. The van der Waals surface area contributed by atoms with Crippen molar-refractivity contribution in [2.24, 2.45) is 0 Å². The number of benzene rings is 2. The van der Waals surface area contributed by atoms with E-state index in [2.05, 4.69) is 5.32 Å². The second-order valence-corrected chi connectivity index (χ2v) is 5.06. The summed E-state index contributed by atoms with van der Waals surface area (Å²) in [5.74, 6) is -0.184. The summed E-state index contributed by atoms with van der Waals surface area (Å²) in [4.78, 5) is 0. The van der Waals surface area contributed by atoms with Gasteiger partial charge in [0.05, 0.1) is 6.04 Å². The monoisotopic (exact) mass is 287 g/mol. The number of ether oxygens (including phenoxy) is 1. The van der Waals surface area contributed by atoms with Gasteiger partial charge in [0.15, 0.2) is 0 Å². The number of halogens is 1. The van der Waals surface area contributed by atoms with Crippen LogP contribution in [0.25, 0.3) is 0 Å². The number of hydrogen-bond acceptors (Lipinski definition) is 2. The highest BCUT2D eigenvalue weighted by Crippen LogP contribution is 2.32. The van der Waals surface area contributed by atoms with Crippen molar-refractivity contribution >= 4 is 0 Å². The van der Waals surface area contributed by atoms with E-state index in [0.717, 1.165) is 11.1 Å². The highest BCUT2D eigenvalue weighted by molar-refractivity contribution is 5.29. The molecule has 2 rings (SSSR count). The molecule has 0 spiro atoms. The topological polar surface area (TPSA) is 21.3 Å². The first-order chi connectivity index (χ1) is 10.2. The fraction of sp³-hybridized carbons (Fsp3) is 0.333. The zero-order valence-electron chi connectivity index (χ0n) is 12.8. The highest BCUT2D eigenvalue weighted by atomic mass is 19.1. The smallest absolute Gasteiger partial charge is 0.126 e. The lowest BCUT2D eigenvalue weighted by atomic mass is 9.95. The molecule has 0 aromatic heterocycles. The van der Waals surface area contributed by atoms with E-state index in [-0.39, 0.29) is 18.0 Å². The SMILES string of the molecule is CCOC(c1ccccc1)C(NC)c1ccc(C)c(F)c1. The van der Waals surface area contributed by atoms with E-state index in [1.807, 2.05) is 56.4 Å². The van der Waals surface area contributed by atoms with Gasteiger partial charge in [-0.25, -0.2) is 4.39 Å². The van der Waals surface area contributed by atoms with E-state index in [9.17, 15) is 4.39 Å². The zero-order valence-corrected chi connectivity index (χ0v) is 12.8. The second-order valence-electron chi connectivity index (χ2n) is 5.06. The molecule has 2 unspecified atom stereocenters. The minimum Gasteiger partial charge on any atom is -0.372 e. The average molecular weight is 287 g/mol. The molecular weight excluding hydrogens is 265 g/mol. The normalized spacial score (nSPS) is 13.9. The van der Waals surface area contributed by atoms with E-state index in [1.165, 1.54) is 0 Å². The molecule has 2 nitrogen and oxygen atoms in total. The van der Waals surface area contributed by atoms with Gasteiger partial charge in [-0.15, -0.1) is 0 Å². The van der Waals surface area contributed by atoms with Crippen LogP contribution in [0.15, 0.2) is 48.5 Å². The lowest BCUT2D eigenvalue weighted by Gasteiger charge is -2.28. The standard InChI is InChI=1S/C18H22FNO/c1-4-21-18(14-8-6-5-7-9-14)17(20-3)15-11-10-13(2)16(19)12-15/h5-12,17-18,20H,4H2,1-3H3. The molecule has 0 saturated heterocycles. The van der Waals surface area contributed by atoms with Gasteiger partial charge < -0.3 is 10.1 Å². The Hall–Kier alpha value is -1.71. The van der Waals surface area contributed by atoms with Gasteiger partial charge in [-0.2, -0.15) is 0 Å². The molecule has 0 saturated carbocycles. The van der Waals surface area contributed by atoms with Crippen LogP contribution < -0.4 is 5.32 Å². The largest absolute Gasteiger partial charge is 0.372 e. The third-order valence-corrected chi connectivity index (χ3v) is 3.64. The summed E-state index contributed by atoms with van der Waals surface area (Å²) < 4.78 is 19.8. The third kappa shape index (κ3) is 3.69. The maximum absolute atomic E-state index is 13.9. The Kier molecular flexibility index (Phi) is 5.48. The van der Waals surface area contributed by atoms with Crippen molar-refractivity contribution in [2.45, 2.75) is 26.0 Å². The van der Waals surface area contributed by atoms with Crippen LogP contribution in [0.5, 0.6) is 0 Å². The fourth-order valence-electron chi connectivity index (χ4n) is 2.50. The van der Waals surface area contributed by atoms with Crippen LogP contribution in [0.3, 0.4) is 0 Å². The number of nitrogens with one attached hydrogen (secondary N) is 1. The van der Waals surface area contributed by atoms with Crippen molar-refractivity contribution in [1.29, 1.82) is 0 Å². The predicted molar refractivity (Wildman–Crippen MR) is 83.7 cm³/mol. The van der Waals surface area contributed by atoms with Crippen LogP contribution >= 0.6 is 0 Å². The minimum atomic E-state index is -0.184. The van der Waals surface area contributed by atoms with E-state index in [4.69, 9.17) is 4.74 Å². The quantitative estimate of drug-likeness (QED) is 0.861. The van der Waals surface area contributed by atoms with Crippen molar-refractivity contribution in [2.75, 3.05) is 13.7 Å². The van der Waals surface area contributed by atoms with Gasteiger partial charge in [-0.05, 0) is 43.7 Å². The number of likely N-dealkylation sites (N-methyl/N-ethyl adjacent to an activating group) is 1. The lowest BCUT2D eigenvalue weighted by Crippen LogP contribution is -2.26. The van der Waals surface area contributed by atoms with Gasteiger partial charge in [-0.3, -0.25) is 0 Å². The Morgan fingerprint density at radius 2 is 1.81 bits per heavy atom. The second kappa shape index (κ2) is 7.34. The van der Waals surface area contributed by atoms with Crippen LogP contribution in [-0.4, -0.2) is 13.7 Å². The summed E-state index contributed by atoms with van der Waals surface area (Å²) in [6, 6.07) is 15.3. The molecule has 0 aliphatic heterocycles. The summed E-state index contributed by atoms with van der Waals surface area (Å²) in [5, 5.41) is 3.26. The fourth-order valence-corrected chi connectivity index (χ4v) is 2.50. The van der Waals surface area contributed by atoms with Crippen LogP contribution in [0.4, 0.5) is 4.39 Å². The Morgan fingerprint density at radius 1 is 1.10 bits per heavy atom. The maximum Gasteiger partial charge on any atom is 0.126 e. The molecule has 1 N–H and O–H groups in total. The Labute approximate surface area is 126 Å². The molecule has 2 atom stereocenters. The molecule has 21 heavy (non-hydrogen) atoms. The third-order valence-electron chi connectivity index (χ3n) is 3.64. The van der Waals surface area contributed by atoms with Gasteiger partial charge in [0.1, 0.15) is 11.9 Å². The number of aryl methyl sites for hydroxylation is 1. The summed E-state index contributed by atoms with van der Waals surface area (Å²) >= 11 is 0. The van der Waals surface area contributed by atoms with Crippen molar-refractivity contribution in [1.82, 2.24) is 5.32 Å². The van der Waals surface area contributed by atoms with E-state index in [1.54, 1.807) is 13.0 Å². The summed E-state index contributed by atoms with van der Waals surface area (Å²) in [6.07, 6.45) is -0.150. The van der Waals surface area contributed by atoms with E-state index >= 15 is 0 Å². The number of rotatable bonds is 6. The summed E-state index contributed by atoms with van der Waals surface area (Å²) in [7, 11) is 1.87.